The number of hydrogen-bond donors (Lipinski definition) is 1. The second-order valence-electron chi connectivity index (χ2n) is 6.99. The van der Waals surface area contributed by atoms with E-state index in [0.717, 1.165) is 5.56 Å². The van der Waals surface area contributed by atoms with Gasteiger partial charge >= 0.3 is 0 Å². The number of thioether (sulfide) groups is 1. The molecule has 160 valence electrons. The van der Waals surface area contributed by atoms with Gasteiger partial charge in [-0.1, -0.05) is 90.7 Å². The van der Waals surface area contributed by atoms with Crippen LogP contribution in [0.2, 0.25) is 0 Å². The number of amides is 2. The summed E-state index contributed by atoms with van der Waals surface area (Å²) < 4.78 is 6.26. The van der Waals surface area contributed by atoms with Gasteiger partial charge in [0.25, 0.3) is 11.8 Å². The first-order valence-electron chi connectivity index (χ1n) is 9.96. The van der Waals surface area contributed by atoms with Crippen molar-refractivity contribution in [3.8, 4) is 5.75 Å². The van der Waals surface area contributed by atoms with E-state index in [2.05, 4.69) is 5.32 Å². The molecule has 1 saturated heterocycles. The predicted molar refractivity (Wildman–Crippen MR) is 132 cm³/mol. The minimum absolute atomic E-state index is 0.138. The lowest BCUT2D eigenvalue weighted by Gasteiger charge is -2.14. The van der Waals surface area contributed by atoms with Crippen LogP contribution in [-0.2, 0) is 16.1 Å². The third kappa shape index (κ3) is 5.43. The summed E-state index contributed by atoms with van der Waals surface area (Å²) >= 11 is 6.70. The van der Waals surface area contributed by atoms with Crippen LogP contribution in [0.5, 0.6) is 5.75 Å². The van der Waals surface area contributed by atoms with Crippen molar-refractivity contribution in [2.45, 2.75) is 6.54 Å². The number of para-hydroxylation sites is 2. The third-order valence-corrected chi connectivity index (χ3v) is 6.06. The Morgan fingerprint density at radius 3 is 2.38 bits per heavy atom. The molecule has 1 fully saturated rings. The van der Waals surface area contributed by atoms with Crippen LogP contribution in [0.1, 0.15) is 11.1 Å². The Morgan fingerprint density at radius 1 is 0.969 bits per heavy atom. The van der Waals surface area contributed by atoms with Crippen LogP contribution in [0.25, 0.3) is 6.08 Å². The Hall–Kier alpha value is -3.42. The van der Waals surface area contributed by atoms with Crippen molar-refractivity contribution in [3.63, 3.8) is 0 Å². The van der Waals surface area contributed by atoms with E-state index in [1.54, 1.807) is 17.0 Å². The van der Waals surface area contributed by atoms with Crippen LogP contribution in [-0.4, -0.2) is 27.6 Å². The van der Waals surface area contributed by atoms with Crippen LogP contribution in [0, 0.1) is 0 Å². The average Bonchev–Trinajstić information content (AvgIpc) is 3.07. The zero-order valence-corrected chi connectivity index (χ0v) is 18.7. The molecule has 0 saturated carbocycles. The number of carbonyl (C=O) groups is 2. The van der Waals surface area contributed by atoms with E-state index in [9.17, 15) is 9.59 Å². The van der Waals surface area contributed by atoms with Crippen LogP contribution in [0.15, 0.2) is 89.8 Å². The van der Waals surface area contributed by atoms with Crippen molar-refractivity contribution in [2.75, 3.05) is 11.9 Å². The van der Waals surface area contributed by atoms with Crippen LogP contribution in [0.4, 0.5) is 5.69 Å². The van der Waals surface area contributed by atoms with Crippen LogP contribution in [0.3, 0.4) is 0 Å². The molecule has 0 atom stereocenters. The SMILES string of the molecule is O=C(COc1ccccc1/C=C1\SC(=S)N(Cc2ccccc2)C1=O)Nc1ccccc1. The van der Waals surface area contributed by atoms with Crippen molar-refractivity contribution in [3.05, 3.63) is 101 Å². The van der Waals surface area contributed by atoms with E-state index in [1.807, 2.05) is 78.9 Å². The first-order chi connectivity index (χ1) is 15.6. The molecule has 0 aromatic heterocycles. The maximum absolute atomic E-state index is 12.9. The largest absolute Gasteiger partial charge is 0.483 e. The molecule has 0 spiro atoms. The van der Waals surface area contributed by atoms with Gasteiger partial charge in [0.1, 0.15) is 10.1 Å². The van der Waals surface area contributed by atoms with E-state index < -0.39 is 0 Å². The molecule has 1 N–H and O–H groups in total. The average molecular weight is 461 g/mol. The Bertz CT molecular complexity index is 1160. The van der Waals surface area contributed by atoms with E-state index in [4.69, 9.17) is 17.0 Å². The number of anilines is 1. The van der Waals surface area contributed by atoms with Crippen molar-refractivity contribution in [2.24, 2.45) is 0 Å². The molecule has 0 aliphatic carbocycles. The maximum Gasteiger partial charge on any atom is 0.266 e. The fraction of sp³-hybridized carbons (Fsp3) is 0.0800. The maximum atomic E-state index is 12.9. The Morgan fingerprint density at radius 2 is 1.62 bits per heavy atom. The summed E-state index contributed by atoms with van der Waals surface area (Å²) in [6, 6.07) is 26.2. The minimum Gasteiger partial charge on any atom is -0.483 e. The number of carbonyl (C=O) groups excluding carboxylic acids is 2. The summed E-state index contributed by atoms with van der Waals surface area (Å²) in [6.07, 6.45) is 1.76. The molecule has 4 rings (SSSR count). The van der Waals surface area contributed by atoms with E-state index in [-0.39, 0.29) is 18.4 Å². The molecular formula is C25H20N2O3S2. The van der Waals surface area contributed by atoms with Crippen LogP contribution >= 0.6 is 24.0 Å². The van der Waals surface area contributed by atoms with Gasteiger partial charge in [-0.25, -0.2) is 0 Å². The number of nitrogens with zero attached hydrogens (tertiary/aromatic N) is 1. The smallest absolute Gasteiger partial charge is 0.266 e. The first kappa shape index (κ1) is 21.8. The summed E-state index contributed by atoms with van der Waals surface area (Å²) in [7, 11) is 0. The van der Waals surface area contributed by atoms with Gasteiger partial charge in [0.05, 0.1) is 11.4 Å². The third-order valence-electron chi connectivity index (χ3n) is 4.68. The molecule has 7 heteroatoms. The minimum atomic E-state index is -0.264. The molecular weight excluding hydrogens is 440 g/mol. The molecule has 1 aliphatic rings. The zero-order valence-electron chi connectivity index (χ0n) is 17.1. The van der Waals surface area contributed by atoms with Crippen molar-refractivity contribution in [1.29, 1.82) is 0 Å². The summed E-state index contributed by atoms with van der Waals surface area (Å²) in [5.74, 6) is 0.115. The van der Waals surface area contributed by atoms with Gasteiger partial charge in [0, 0.05) is 11.3 Å². The number of benzene rings is 3. The number of ether oxygens (including phenoxy) is 1. The fourth-order valence-electron chi connectivity index (χ4n) is 3.14. The summed E-state index contributed by atoms with van der Waals surface area (Å²) in [6.45, 7) is 0.287. The number of hydrogen-bond acceptors (Lipinski definition) is 5. The number of nitrogens with one attached hydrogen (secondary N) is 1. The quantitative estimate of drug-likeness (QED) is 0.392. The summed E-state index contributed by atoms with van der Waals surface area (Å²) in [5, 5.41) is 2.79. The topological polar surface area (TPSA) is 58.6 Å². The lowest BCUT2D eigenvalue weighted by atomic mass is 10.1. The van der Waals surface area contributed by atoms with Gasteiger partial charge in [0.2, 0.25) is 0 Å². The predicted octanol–water partition coefficient (Wildman–Crippen LogP) is 5.11. The second-order valence-corrected chi connectivity index (χ2v) is 8.67. The van der Waals surface area contributed by atoms with Crippen molar-refractivity contribution < 1.29 is 14.3 Å². The summed E-state index contributed by atoms with van der Waals surface area (Å²) in [4.78, 5) is 27.3. The van der Waals surface area contributed by atoms with Gasteiger partial charge in [-0.3, -0.25) is 14.5 Å². The highest BCUT2D eigenvalue weighted by Crippen LogP contribution is 2.35. The molecule has 5 nitrogen and oxygen atoms in total. The lowest BCUT2D eigenvalue weighted by molar-refractivity contribution is -0.122. The number of rotatable bonds is 7. The zero-order chi connectivity index (χ0) is 22.3. The standard InChI is InChI=1S/C25H20N2O3S2/c28-23(26-20-12-5-2-6-13-20)17-30-21-14-8-7-11-19(21)15-22-24(29)27(25(31)32-22)16-18-9-3-1-4-10-18/h1-15H,16-17H2,(H,26,28)/b22-15-. The summed E-state index contributed by atoms with van der Waals surface area (Å²) in [5.41, 5.74) is 2.43. The Kier molecular flexibility index (Phi) is 6.99. The number of thiocarbonyl (C=S) groups is 1. The molecule has 3 aromatic carbocycles. The Labute approximate surface area is 196 Å². The molecule has 1 heterocycles. The van der Waals surface area contributed by atoms with Crippen molar-refractivity contribution in [1.82, 2.24) is 4.90 Å². The molecule has 32 heavy (non-hydrogen) atoms. The highest BCUT2D eigenvalue weighted by Gasteiger charge is 2.32. The first-order valence-corrected chi connectivity index (χ1v) is 11.2. The normalized spacial score (nSPS) is 14.6. The van der Waals surface area contributed by atoms with Gasteiger partial charge in [0.15, 0.2) is 6.61 Å². The molecule has 2 amide bonds. The molecule has 0 bridgehead atoms. The lowest BCUT2D eigenvalue weighted by Crippen LogP contribution is -2.27. The highest BCUT2D eigenvalue weighted by molar-refractivity contribution is 8.26. The van der Waals surface area contributed by atoms with E-state index in [1.165, 1.54) is 11.8 Å². The van der Waals surface area contributed by atoms with Gasteiger partial charge in [-0.05, 0) is 29.8 Å². The van der Waals surface area contributed by atoms with Crippen LogP contribution < -0.4 is 10.1 Å². The monoisotopic (exact) mass is 460 g/mol. The van der Waals surface area contributed by atoms with Crippen molar-refractivity contribution >= 4 is 51.9 Å². The molecule has 3 aromatic rings. The van der Waals surface area contributed by atoms with E-state index in [0.29, 0.717) is 32.8 Å². The fourth-order valence-corrected chi connectivity index (χ4v) is 4.38. The molecule has 0 unspecified atom stereocenters. The van der Waals surface area contributed by atoms with Gasteiger partial charge in [-0.15, -0.1) is 0 Å². The Balaban J connectivity index is 1.44. The van der Waals surface area contributed by atoms with E-state index >= 15 is 0 Å². The second kappa shape index (κ2) is 10.3. The molecule has 1 aliphatic heterocycles. The molecule has 0 radical (unpaired) electrons. The van der Waals surface area contributed by atoms with Gasteiger partial charge < -0.3 is 10.1 Å². The van der Waals surface area contributed by atoms with Gasteiger partial charge in [-0.2, -0.15) is 0 Å². The highest BCUT2D eigenvalue weighted by atomic mass is 32.2.